The Labute approximate surface area is 169 Å². The number of pyridine rings is 1. The topological polar surface area (TPSA) is 97.4 Å². The molecule has 2 aromatic rings. The molecule has 152 valence electrons. The van der Waals surface area contributed by atoms with Crippen LogP contribution in [0.3, 0.4) is 0 Å². The molecule has 3 rings (SSSR count). The first-order valence-corrected chi connectivity index (χ1v) is 9.72. The lowest BCUT2D eigenvalue weighted by Gasteiger charge is -2.27. The summed E-state index contributed by atoms with van der Waals surface area (Å²) in [6, 6.07) is 10.4. The smallest absolute Gasteiger partial charge is 0.337 e. The van der Waals surface area contributed by atoms with Crippen LogP contribution in [0, 0.1) is 11.8 Å². The van der Waals surface area contributed by atoms with E-state index in [2.05, 4.69) is 15.6 Å². The van der Waals surface area contributed by atoms with E-state index in [1.54, 1.807) is 36.7 Å². The zero-order chi connectivity index (χ0) is 20.6. The van der Waals surface area contributed by atoms with Crippen molar-refractivity contribution in [2.45, 2.75) is 32.2 Å². The van der Waals surface area contributed by atoms with E-state index in [1.165, 1.54) is 7.11 Å². The van der Waals surface area contributed by atoms with Crippen LogP contribution in [0.4, 0.5) is 5.69 Å². The molecule has 1 heterocycles. The average Bonchev–Trinajstić information content (AvgIpc) is 2.78. The lowest BCUT2D eigenvalue weighted by atomic mass is 9.81. The second kappa shape index (κ2) is 9.82. The number of hydrogen-bond donors (Lipinski definition) is 2. The predicted octanol–water partition coefficient (Wildman–Crippen LogP) is 2.93. The molecule has 2 amide bonds. The molecule has 2 N–H and O–H groups in total. The van der Waals surface area contributed by atoms with Crippen molar-refractivity contribution in [2.24, 2.45) is 11.8 Å². The van der Waals surface area contributed by atoms with E-state index in [1.807, 2.05) is 12.1 Å². The number of carbonyl (C=O) groups is 3. The van der Waals surface area contributed by atoms with Crippen LogP contribution in [0.5, 0.6) is 0 Å². The molecule has 1 fully saturated rings. The first-order valence-electron chi connectivity index (χ1n) is 9.72. The van der Waals surface area contributed by atoms with Crippen molar-refractivity contribution in [3.05, 3.63) is 59.9 Å². The Kier molecular flexibility index (Phi) is 6.94. The van der Waals surface area contributed by atoms with Gasteiger partial charge >= 0.3 is 5.97 Å². The highest BCUT2D eigenvalue weighted by Crippen LogP contribution is 2.30. The molecule has 0 unspecified atom stereocenters. The van der Waals surface area contributed by atoms with Gasteiger partial charge in [0.25, 0.3) is 0 Å². The number of aromatic nitrogens is 1. The standard InChI is InChI=1S/C22H25N3O4/c1-29-22(28)18-5-2-6-19(12-18)25-21(27)17-9-7-16(8-10-17)20(26)24-14-15-4-3-11-23-13-15/h2-6,11-13,16-17H,7-10,14H2,1H3,(H,24,26)(H,25,27). The number of nitrogens with zero attached hydrogens (tertiary/aromatic N) is 1. The van der Waals surface area contributed by atoms with Crippen molar-refractivity contribution >= 4 is 23.5 Å². The minimum absolute atomic E-state index is 0.0264. The number of carbonyl (C=O) groups excluding carboxylic acids is 3. The summed E-state index contributed by atoms with van der Waals surface area (Å²) in [5, 5.41) is 5.82. The van der Waals surface area contributed by atoms with E-state index in [-0.39, 0.29) is 23.7 Å². The largest absolute Gasteiger partial charge is 0.465 e. The van der Waals surface area contributed by atoms with Crippen LogP contribution in [-0.2, 0) is 20.9 Å². The third-order valence-electron chi connectivity index (χ3n) is 5.21. The van der Waals surface area contributed by atoms with Gasteiger partial charge in [0.15, 0.2) is 0 Å². The van der Waals surface area contributed by atoms with Crippen LogP contribution in [0.15, 0.2) is 48.8 Å². The average molecular weight is 395 g/mol. The number of anilines is 1. The Morgan fingerprint density at radius 2 is 1.76 bits per heavy atom. The highest BCUT2D eigenvalue weighted by Gasteiger charge is 2.30. The molecule has 1 aromatic carbocycles. The molecule has 0 bridgehead atoms. The first kappa shape index (κ1) is 20.5. The van der Waals surface area contributed by atoms with Crippen molar-refractivity contribution in [2.75, 3.05) is 12.4 Å². The molecule has 7 nitrogen and oxygen atoms in total. The summed E-state index contributed by atoms with van der Waals surface area (Å²) in [4.78, 5) is 40.6. The van der Waals surface area contributed by atoms with Gasteiger partial charge in [0.05, 0.1) is 12.7 Å². The number of nitrogens with one attached hydrogen (secondary N) is 2. The molecule has 0 radical (unpaired) electrons. The Morgan fingerprint density at radius 3 is 2.41 bits per heavy atom. The summed E-state index contributed by atoms with van der Waals surface area (Å²) in [7, 11) is 1.32. The zero-order valence-electron chi connectivity index (χ0n) is 16.4. The van der Waals surface area contributed by atoms with Crippen molar-refractivity contribution in [3.63, 3.8) is 0 Å². The van der Waals surface area contributed by atoms with E-state index in [0.717, 1.165) is 5.56 Å². The summed E-state index contributed by atoms with van der Waals surface area (Å²) in [5.74, 6) is -0.712. The Bertz CT molecular complexity index is 861. The number of rotatable bonds is 6. The summed E-state index contributed by atoms with van der Waals surface area (Å²) < 4.78 is 4.70. The van der Waals surface area contributed by atoms with Crippen molar-refractivity contribution in [1.82, 2.24) is 10.3 Å². The molecule has 29 heavy (non-hydrogen) atoms. The molecule has 0 atom stereocenters. The van der Waals surface area contributed by atoms with E-state index in [0.29, 0.717) is 43.5 Å². The van der Waals surface area contributed by atoms with Crippen LogP contribution in [-0.4, -0.2) is 29.9 Å². The summed E-state index contributed by atoms with van der Waals surface area (Å²) in [5.41, 5.74) is 1.91. The number of benzene rings is 1. The van der Waals surface area contributed by atoms with Gasteiger partial charge in [-0.1, -0.05) is 12.1 Å². The molecule has 0 saturated heterocycles. The molecule has 1 aliphatic carbocycles. The van der Waals surface area contributed by atoms with Gasteiger partial charge in [-0.15, -0.1) is 0 Å². The van der Waals surface area contributed by atoms with Gasteiger partial charge in [0, 0.05) is 36.5 Å². The van der Waals surface area contributed by atoms with Gasteiger partial charge in [-0.2, -0.15) is 0 Å². The van der Waals surface area contributed by atoms with Crippen LogP contribution in [0.2, 0.25) is 0 Å². The maximum Gasteiger partial charge on any atom is 0.337 e. The molecule has 7 heteroatoms. The number of hydrogen-bond acceptors (Lipinski definition) is 5. The second-order valence-corrected chi connectivity index (χ2v) is 7.19. The van der Waals surface area contributed by atoms with E-state index >= 15 is 0 Å². The summed E-state index contributed by atoms with van der Waals surface area (Å²) >= 11 is 0. The lowest BCUT2D eigenvalue weighted by molar-refractivity contribution is -0.128. The number of ether oxygens (including phenoxy) is 1. The normalized spacial score (nSPS) is 18.5. The van der Waals surface area contributed by atoms with Gasteiger partial charge in [0.2, 0.25) is 11.8 Å². The zero-order valence-corrected chi connectivity index (χ0v) is 16.4. The number of amides is 2. The van der Waals surface area contributed by atoms with E-state index in [4.69, 9.17) is 4.74 Å². The molecule has 0 aliphatic heterocycles. The third-order valence-corrected chi connectivity index (χ3v) is 5.21. The maximum atomic E-state index is 12.6. The molecular weight excluding hydrogens is 370 g/mol. The summed E-state index contributed by atoms with van der Waals surface area (Å²) in [6.07, 6.45) is 6.11. The Morgan fingerprint density at radius 1 is 1.03 bits per heavy atom. The molecule has 1 saturated carbocycles. The Hall–Kier alpha value is -3.22. The fourth-order valence-corrected chi connectivity index (χ4v) is 3.54. The Balaban J connectivity index is 1.47. The minimum atomic E-state index is -0.445. The molecule has 1 aliphatic rings. The number of esters is 1. The van der Waals surface area contributed by atoms with E-state index in [9.17, 15) is 14.4 Å². The van der Waals surface area contributed by atoms with Gasteiger partial charge in [-0.25, -0.2) is 4.79 Å². The fraction of sp³-hybridized carbons (Fsp3) is 0.364. The van der Waals surface area contributed by atoms with Crippen LogP contribution in [0.25, 0.3) is 0 Å². The second-order valence-electron chi connectivity index (χ2n) is 7.19. The van der Waals surface area contributed by atoms with Crippen molar-refractivity contribution in [3.8, 4) is 0 Å². The quantitative estimate of drug-likeness (QED) is 0.733. The minimum Gasteiger partial charge on any atom is -0.465 e. The lowest BCUT2D eigenvalue weighted by Crippen LogP contribution is -2.35. The molecule has 0 spiro atoms. The van der Waals surface area contributed by atoms with Gasteiger partial charge in [-0.3, -0.25) is 14.6 Å². The molecule has 1 aromatic heterocycles. The van der Waals surface area contributed by atoms with Crippen LogP contribution in [0.1, 0.15) is 41.6 Å². The first-order chi connectivity index (χ1) is 14.1. The van der Waals surface area contributed by atoms with E-state index < -0.39 is 5.97 Å². The number of methoxy groups -OCH3 is 1. The summed E-state index contributed by atoms with van der Waals surface area (Å²) in [6.45, 7) is 0.462. The van der Waals surface area contributed by atoms with Crippen molar-refractivity contribution in [1.29, 1.82) is 0 Å². The fourth-order valence-electron chi connectivity index (χ4n) is 3.54. The third kappa shape index (κ3) is 5.63. The van der Waals surface area contributed by atoms with Gasteiger partial charge < -0.3 is 15.4 Å². The SMILES string of the molecule is COC(=O)c1cccc(NC(=O)C2CCC(C(=O)NCc3cccnc3)CC2)c1. The van der Waals surface area contributed by atoms with Crippen LogP contribution < -0.4 is 10.6 Å². The van der Waals surface area contributed by atoms with Gasteiger partial charge in [0.1, 0.15) is 0 Å². The highest BCUT2D eigenvalue weighted by molar-refractivity contribution is 5.95. The maximum absolute atomic E-state index is 12.6. The predicted molar refractivity (Wildman–Crippen MR) is 108 cm³/mol. The van der Waals surface area contributed by atoms with Crippen LogP contribution >= 0.6 is 0 Å². The van der Waals surface area contributed by atoms with Gasteiger partial charge in [-0.05, 0) is 55.5 Å². The highest BCUT2D eigenvalue weighted by atomic mass is 16.5. The molecular formula is C22H25N3O4. The van der Waals surface area contributed by atoms with Crippen molar-refractivity contribution < 1.29 is 19.1 Å². The monoisotopic (exact) mass is 395 g/mol.